The summed E-state index contributed by atoms with van der Waals surface area (Å²) in [5.41, 5.74) is 0. The van der Waals surface area contributed by atoms with Crippen LogP contribution in [0, 0.1) is 6.92 Å². The number of aromatic nitrogens is 3. The van der Waals surface area contributed by atoms with Gasteiger partial charge in [-0.15, -0.1) is 0 Å². The largest absolute Gasteiger partial charge is 0.465 e. The Kier molecular flexibility index (Phi) is 5.63. The van der Waals surface area contributed by atoms with Crippen molar-refractivity contribution in [2.24, 2.45) is 0 Å². The van der Waals surface area contributed by atoms with E-state index in [1.165, 1.54) is 6.33 Å². The maximum absolute atomic E-state index is 12.4. The van der Waals surface area contributed by atoms with Gasteiger partial charge in [0.2, 0.25) is 5.91 Å². The first-order valence-corrected chi connectivity index (χ1v) is 8.58. The van der Waals surface area contributed by atoms with Gasteiger partial charge < -0.3 is 9.32 Å². The van der Waals surface area contributed by atoms with Crippen LogP contribution in [0.4, 0.5) is 0 Å². The summed E-state index contributed by atoms with van der Waals surface area (Å²) in [6.07, 6.45) is 5.58. The minimum atomic E-state index is 0.241. The zero-order valence-corrected chi connectivity index (χ0v) is 14.2. The van der Waals surface area contributed by atoms with Gasteiger partial charge in [0.1, 0.15) is 24.2 Å². The van der Waals surface area contributed by atoms with Crippen molar-refractivity contribution < 1.29 is 9.21 Å². The van der Waals surface area contributed by atoms with E-state index in [1.54, 1.807) is 11.0 Å². The Morgan fingerprint density at radius 3 is 2.92 bits per heavy atom. The minimum Gasteiger partial charge on any atom is -0.465 e. The molecule has 0 aromatic carbocycles. The van der Waals surface area contributed by atoms with Crippen LogP contribution in [0.15, 0.2) is 29.2 Å². The van der Waals surface area contributed by atoms with Crippen LogP contribution in [0.25, 0.3) is 0 Å². The van der Waals surface area contributed by atoms with Crippen molar-refractivity contribution in [2.75, 3.05) is 26.2 Å². The van der Waals surface area contributed by atoms with E-state index in [9.17, 15) is 4.79 Å². The molecule has 0 unspecified atom stereocenters. The van der Waals surface area contributed by atoms with Crippen molar-refractivity contribution in [3.8, 4) is 0 Å². The lowest BCUT2D eigenvalue weighted by atomic mass is 10.2. The summed E-state index contributed by atoms with van der Waals surface area (Å²) in [5.74, 6) is 2.19. The third-order valence-electron chi connectivity index (χ3n) is 4.36. The van der Waals surface area contributed by atoms with Gasteiger partial charge in [-0.2, -0.15) is 5.10 Å². The van der Waals surface area contributed by atoms with E-state index >= 15 is 0 Å². The first-order valence-electron chi connectivity index (χ1n) is 8.58. The number of amides is 1. The van der Waals surface area contributed by atoms with Crippen LogP contribution in [0.5, 0.6) is 0 Å². The average Bonchev–Trinajstić information content (AvgIpc) is 3.15. The predicted octanol–water partition coefficient (Wildman–Crippen LogP) is 1.69. The molecule has 2 aromatic heterocycles. The molecule has 2 aromatic rings. The molecule has 1 saturated heterocycles. The van der Waals surface area contributed by atoms with Crippen LogP contribution in [0.3, 0.4) is 0 Å². The predicted molar refractivity (Wildman–Crippen MR) is 89.2 cm³/mol. The molecular weight excluding hydrogens is 306 g/mol. The number of hydrogen-bond donors (Lipinski definition) is 0. The molecule has 7 nitrogen and oxygen atoms in total. The van der Waals surface area contributed by atoms with Gasteiger partial charge in [0.25, 0.3) is 0 Å². The molecule has 0 N–H and O–H groups in total. The highest BCUT2D eigenvalue weighted by atomic mass is 16.3. The van der Waals surface area contributed by atoms with Crippen molar-refractivity contribution in [3.63, 3.8) is 0 Å². The van der Waals surface area contributed by atoms with E-state index in [-0.39, 0.29) is 5.91 Å². The second-order valence-corrected chi connectivity index (χ2v) is 6.28. The van der Waals surface area contributed by atoms with Crippen LogP contribution in [-0.2, 0) is 17.9 Å². The number of furan rings is 1. The van der Waals surface area contributed by atoms with Crippen LogP contribution < -0.4 is 0 Å². The van der Waals surface area contributed by atoms with E-state index in [0.29, 0.717) is 6.42 Å². The second-order valence-electron chi connectivity index (χ2n) is 6.28. The van der Waals surface area contributed by atoms with E-state index in [0.717, 1.165) is 63.6 Å². The monoisotopic (exact) mass is 331 g/mol. The minimum absolute atomic E-state index is 0.241. The number of rotatable bonds is 6. The fraction of sp³-hybridized carbons (Fsp3) is 0.588. The fourth-order valence-corrected chi connectivity index (χ4v) is 3.07. The quantitative estimate of drug-likeness (QED) is 0.806. The Bertz CT molecular complexity index is 637. The molecule has 7 heteroatoms. The van der Waals surface area contributed by atoms with Crippen LogP contribution in [0.2, 0.25) is 0 Å². The molecule has 0 radical (unpaired) electrons. The van der Waals surface area contributed by atoms with Crippen molar-refractivity contribution >= 4 is 5.91 Å². The highest BCUT2D eigenvalue weighted by Gasteiger charge is 2.19. The van der Waals surface area contributed by atoms with Crippen molar-refractivity contribution in [2.45, 2.75) is 39.3 Å². The Labute approximate surface area is 142 Å². The number of carbonyl (C=O) groups excluding carboxylic acids is 1. The summed E-state index contributed by atoms with van der Waals surface area (Å²) in [6.45, 7) is 7.06. The van der Waals surface area contributed by atoms with Gasteiger partial charge in [-0.25, -0.2) is 4.98 Å². The normalized spacial score (nSPS) is 16.3. The van der Waals surface area contributed by atoms with Crippen LogP contribution >= 0.6 is 0 Å². The first kappa shape index (κ1) is 16.7. The van der Waals surface area contributed by atoms with Crippen molar-refractivity contribution in [1.29, 1.82) is 0 Å². The van der Waals surface area contributed by atoms with Crippen molar-refractivity contribution in [3.05, 3.63) is 36.3 Å². The lowest BCUT2D eigenvalue weighted by Crippen LogP contribution is -2.35. The molecule has 0 spiro atoms. The number of nitrogens with zero attached hydrogens (tertiary/aromatic N) is 5. The van der Waals surface area contributed by atoms with Gasteiger partial charge in [-0.1, -0.05) is 0 Å². The Morgan fingerprint density at radius 2 is 2.17 bits per heavy atom. The molecule has 130 valence electrons. The SMILES string of the molecule is Cc1ccc(CN2CCCN(C(=O)CCCn3cncn3)CC2)o1. The lowest BCUT2D eigenvalue weighted by molar-refractivity contribution is -0.131. The first-order chi connectivity index (χ1) is 11.7. The number of carbonyl (C=O) groups is 1. The van der Waals surface area contributed by atoms with E-state index < -0.39 is 0 Å². The van der Waals surface area contributed by atoms with Gasteiger partial charge in [0.05, 0.1) is 6.54 Å². The molecule has 24 heavy (non-hydrogen) atoms. The zero-order valence-electron chi connectivity index (χ0n) is 14.2. The molecule has 3 rings (SSSR count). The van der Waals surface area contributed by atoms with Gasteiger partial charge in [0, 0.05) is 39.1 Å². The molecule has 3 heterocycles. The van der Waals surface area contributed by atoms with Gasteiger partial charge in [0.15, 0.2) is 0 Å². The van der Waals surface area contributed by atoms with Gasteiger partial charge in [-0.3, -0.25) is 14.4 Å². The maximum Gasteiger partial charge on any atom is 0.222 e. The topological polar surface area (TPSA) is 67.4 Å². The average molecular weight is 331 g/mol. The Morgan fingerprint density at radius 1 is 1.25 bits per heavy atom. The summed E-state index contributed by atoms with van der Waals surface area (Å²) >= 11 is 0. The summed E-state index contributed by atoms with van der Waals surface area (Å²) < 4.78 is 7.42. The zero-order chi connectivity index (χ0) is 16.8. The molecule has 0 bridgehead atoms. The third kappa shape index (κ3) is 4.67. The molecule has 1 aliphatic heterocycles. The molecule has 1 amide bonds. The van der Waals surface area contributed by atoms with Gasteiger partial charge in [-0.05, 0) is 31.9 Å². The Hall–Kier alpha value is -2.15. The van der Waals surface area contributed by atoms with E-state index in [2.05, 4.69) is 15.0 Å². The van der Waals surface area contributed by atoms with Crippen LogP contribution in [0.1, 0.15) is 30.8 Å². The highest BCUT2D eigenvalue weighted by molar-refractivity contribution is 5.76. The van der Waals surface area contributed by atoms with E-state index in [1.807, 2.05) is 24.0 Å². The highest BCUT2D eigenvalue weighted by Crippen LogP contribution is 2.12. The third-order valence-corrected chi connectivity index (χ3v) is 4.36. The number of hydrogen-bond acceptors (Lipinski definition) is 5. The smallest absolute Gasteiger partial charge is 0.222 e. The Balaban J connectivity index is 1.41. The second kappa shape index (κ2) is 8.10. The standard InChI is InChI=1S/C17H25N5O2/c1-15-5-6-16(24-15)12-20-7-3-8-21(11-10-20)17(23)4-2-9-22-14-18-13-19-22/h5-6,13-14H,2-4,7-12H2,1H3. The number of aryl methyl sites for hydroxylation is 2. The molecule has 0 saturated carbocycles. The molecule has 1 fully saturated rings. The van der Waals surface area contributed by atoms with E-state index in [4.69, 9.17) is 4.42 Å². The summed E-state index contributed by atoms with van der Waals surface area (Å²) in [4.78, 5) is 20.7. The van der Waals surface area contributed by atoms with Gasteiger partial charge >= 0.3 is 0 Å². The maximum atomic E-state index is 12.4. The molecule has 1 aliphatic rings. The fourth-order valence-electron chi connectivity index (χ4n) is 3.07. The summed E-state index contributed by atoms with van der Waals surface area (Å²) in [7, 11) is 0. The summed E-state index contributed by atoms with van der Waals surface area (Å²) in [5, 5.41) is 4.06. The van der Waals surface area contributed by atoms with Crippen molar-refractivity contribution in [1.82, 2.24) is 24.6 Å². The van der Waals surface area contributed by atoms with Crippen LogP contribution in [-0.4, -0.2) is 56.7 Å². The molecule has 0 atom stereocenters. The lowest BCUT2D eigenvalue weighted by Gasteiger charge is -2.21. The molecule has 0 aliphatic carbocycles. The molecular formula is C17H25N5O2. The summed E-state index contributed by atoms with van der Waals surface area (Å²) in [6, 6.07) is 4.03.